The summed E-state index contributed by atoms with van der Waals surface area (Å²) in [6, 6.07) is 7.31. The number of carbonyl (C=O) groups is 2. The number of nitrogens with zero attached hydrogens (tertiary/aromatic N) is 1. The molecule has 1 aromatic heterocycles. The first kappa shape index (κ1) is 22.9. The van der Waals surface area contributed by atoms with Gasteiger partial charge >= 0.3 is 12.2 Å². The Morgan fingerprint density at radius 1 is 1.03 bits per heavy atom. The van der Waals surface area contributed by atoms with Crippen molar-refractivity contribution in [1.29, 1.82) is 0 Å². The van der Waals surface area contributed by atoms with E-state index in [-0.39, 0.29) is 15.7 Å². The largest absolute Gasteiger partial charge is 0.417 e. The minimum absolute atomic E-state index is 0.0727. The van der Waals surface area contributed by atoms with E-state index in [2.05, 4.69) is 20.9 Å². The highest BCUT2D eigenvalue weighted by Crippen LogP contribution is 2.36. The van der Waals surface area contributed by atoms with Crippen LogP contribution in [0.25, 0.3) is 0 Å². The number of hydrogen-bond donors (Lipinski definition) is 3. The van der Waals surface area contributed by atoms with E-state index in [1.807, 2.05) is 0 Å². The Kier molecular flexibility index (Phi) is 6.73. The van der Waals surface area contributed by atoms with Gasteiger partial charge in [-0.15, -0.1) is 0 Å². The van der Waals surface area contributed by atoms with Gasteiger partial charge in [-0.1, -0.05) is 46.7 Å². The number of para-hydroxylation sites is 1. The third kappa shape index (κ3) is 5.66. The Labute approximate surface area is 188 Å². The van der Waals surface area contributed by atoms with Gasteiger partial charge in [-0.05, 0) is 36.8 Å². The van der Waals surface area contributed by atoms with Gasteiger partial charge in [-0.25, -0.2) is 9.78 Å². The molecule has 162 valence electrons. The molecular formula is C19H13Cl2F3N4O2S. The van der Waals surface area contributed by atoms with Crippen molar-refractivity contribution in [2.24, 2.45) is 0 Å². The van der Waals surface area contributed by atoms with E-state index in [0.717, 1.165) is 23.0 Å². The Morgan fingerprint density at radius 3 is 2.45 bits per heavy atom. The Morgan fingerprint density at radius 2 is 1.77 bits per heavy atom. The number of anilines is 3. The van der Waals surface area contributed by atoms with Crippen LogP contribution in [0.1, 0.15) is 20.8 Å². The maximum absolute atomic E-state index is 12.9. The number of carbonyl (C=O) groups excluding carboxylic acids is 2. The zero-order valence-corrected chi connectivity index (χ0v) is 17.9. The van der Waals surface area contributed by atoms with Crippen LogP contribution in [0, 0.1) is 6.92 Å². The summed E-state index contributed by atoms with van der Waals surface area (Å²) in [6.07, 6.45) is -3.41. The van der Waals surface area contributed by atoms with Gasteiger partial charge in [0.2, 0.25) is 0 Å². The number of rotatable bonds is 4. The van der Waals surface area contributed by atoms with Crippen LogP contribution in [-0.4, -0.2) is 16.9 Å². The fourth-order valence-corrected chi connectivity index (χ4v) is 3.68. The summed E-state index contributed by atoms with van der Waals surface area (Å²) in [6.45, 7) is 1.78. The molecule has 12 heteroatoms. The van der Waals surface area contributed by atoms with Crippen molar-refractivity contribution in [3.63, 3.8) is 0 Å². The number of urea groups is 1. The average Bonchev–Trinajstić information content (AvgIpc) is 3.14. The van der Waals surface area contributed by atoms with Gasteiger partial charge in [-0.3, -0.25) is 10.1 Å². The molecule has 6 nitrogen and oxygen atoms in total. The van der Waals surface area contributed by atoms with Crippen molar-refractivity contribution < 1.29 is 22.8 Å². The molecule has 0 aliphatic carbocycles. The first-order valence-corrected chi connectivity index (χ1v) is 10.1. The van der Waals surface area contributed by atoms with E-state index in [4.69, 9.17) is 23.2 Å². The van der Waals surface area contributed by atoms with Crippen LogP contribution < -0.4 is 16.0 Å². The molecule has 0 spiro atoms. The molecule has 0 saturated heterocycles. The lowest BCUT2D eigenvalue weighted by molar-refractivity contribution is -0.137. The van der Waals surface area contributed by atoms with E-state index < -0.39 is 28.7 Å². The molecule has 1 heterocycles. The van der Waals surface area contributed by atoms with Crippen LogP contribution in [0.5, 0.6) is 0 Å². The second-order valence-electron chi connectivity index (χ2n) is 6.19. The highest BCUT2D eigenvalue weighted by Gasteiger charge is 2.33. The minimum atomic E-state index is -4.66. The lowest BCUT2D eigenvalue weighted by Crippen LogP contribution is -2.19. The SMILES string of the molecule is Cc1cccc(Cl)c1NC(=O)c1cnc(NC(=O)Nc2ccc(Cl)c(C(F)(F)F)c2)s1. The first-order chi connectivity index (χ1) is 14.5. The summed E-state index contributed by atoms with van der Waals surface area (Å²) >= 11 is 12.5. The number of nitrogens with one attached hydrogen (secondary N) is 3. The number of thiazole rings is 1. The number of amides is 3. The molecule has 0 radical (unpaired) electrons. The lowest BCUT2D eigenvalue weighted by Gasteiger charge is -2.11. The first-order valence-electron chi connectivity index (χ1n) is 8.51. The highest BCUT2D eigenvalue weighted by atomic mass is 35.5. The van der Waals surface area contributed by atoms with Crippen molar-refractivity contribution in [2.75, 3.05) is 16.0 Å². The molecule has 3 rings (SSSR count). The number of hydrogen-bond acceptors (Lipinski definition) is 4. The number of halogens is 5. The molecule has 3 N–H and O–H groups in total. The molecule has 3 aromatic rings. The molecule has 31 heavy (non-hydrogen) atoms. The Balaban J connectivity index is 1.66. The number of benzene rings is 2. The minimum Gasteiger partial charge on any atom is -0.320 e. The summed E-state index contributed by atoms with van der Waals surface area (Å²) in [7, 11) is 0. The van der Waals surface area contributed by atoms with Crippen molar-refractivity contribution in [2.45, 2.75) is 13.1 Å². The second kappa shape index (κ2) is 9.13. The van der Waals surface area contributed by atoms with E-state index >= 15 is 0 Å². The van der Waals surface area contributed by atoms with Gasteiger partial charge in [0.15, 0.2) is 5.13 Å². The molecule has 2 aromatic carbocycles. The molecule has 3 amide bonds. The molecule has 0 unspecified atom stereocenters. The zero-order chi connectivity index (χ0) is 22.8. The van der Waals surface area contributed by atoms with E-state index in [9.17, 15) is 22.8 Å². The van der Waals surface area contributed by atoms with E-state index in [1.54, 1.807) is 25.1 Å². The van der Waals surface area contributed by atoms with Crippen LogP contribution in [0.3, 0.4) is 0 Å². The predicted octanol–water partition coefficient (Wildman–Crippen LogP) is 6.67. The lowest BCUT2D eigenvalue weighted by atomic mass is 10.2. The van der Waals surface area contributed by atoms with E-state index in [0.29, 0.717) is 16.8 Å². The van der Waals surface area contributed by atoms with Crippen LogP contribution in [0.4, 0.5) is 34.5 Å². The smallest absolute Gasteiger partial charge is 0.320 e. The number of alkyl halides is 3. The Hall–Kier alpha value is -2.82. The summed E-state index contributed by atoms with van der Waals surface area (Å²) in [4.78, 5) is 28.6. The molecule has 0 fully saturated rings. The fraction of sp³-hybridized carbons (Fsp3) is 0.105. The maximum atomic E-state index is 12.9. The van der Waals surface area contributed by atoms with Gasteiger partial charge in [0.25, 0.3) is 5.91 Å². The summed E-state index contributed by atoms with van der Waals surface area (Å²) < 4.78 is 38.8. The summed E-state index contributed by atoms with van der Waals surface area (Å²) in [5.41, 5.74) is 0.0373. The second-order valence-corrected chi connectivity index (χ2v) is 8.03. The third-order valence-corrected chi connectivity index (χ3v) is 5.50. The summed E-state index contributed by atoms with van der Waals surface area (Å²) in [5.74, 6) is -0.477. The monoisotopic (exact) mass is 488 g/mol. The van der Waals surface area contributed by atoms with Gasteiger partial charge in [0.05, 0.1) is 27.5 Å². The highest BCUT2D eigenvalue weighted by molar-refractivity contribution is 7.17. The quantitative estimate of drug-likeness (QED) is 0.383. The molecule has 0 aliphatic heterocycles. The molecule has 0 atom stereocenters. The van der Waals surface area contributed by atoms with Gasteiger partial charge in [-0.2, -0.15) is 13.2 Å². The van der Waals surface area contributed by atoms with Crippen molar-refractivity contribution >= 4 is 63.0 Å². The van der Waals surface area contributed by atoms with Crippen LogP contribution in [0.15, 0.2) is 42.6 Å². The van der Waals surface area contributed by atoms with Crippen LogP contribution >= 0.6 is 34.5 Å². The molecule has 0 aliphatic rings. The van der Waals surface area contributed by atoms with Crippen molar-refractivity contribution in [3.8, 4) is 0 Å². The van der Waals surface area contributed by atoms with Crippen molar-refractivity contribution in [3.05, 3.63) is 68.6 Å². The number of aryl methyl sites for hydroxylation is 1. The third-order valence-electron chi connectivity index (χ3n) is 3.94. The molecular weight excluding hydrogens is 476 g/mol. The Bertz CT molecular complexity index is 1130. The topological polar surface area (TPSA) is 83.1 Å². The average molecular weight is 489 g/mol. The normalized spacial score (nSPS) is 11.2. The van der Waals surface area contributed by atoms with Crippen LogP contribution in [0.2, 0.25) is 10.0 Å². The zero-order valence-electron chi connectivity index (χ0n) is 15.6. The number of aromatic nitrogens is 1. The van der Waals surface area contributed by atoms with Gasteiger partial charge in [0, 0.05) is 5.69 Å². The van der Waals surface area contributed by atoms with Gasteiger partial charge in [0.1, 0.15) is 4.88 Å². The fourth-order valence-electron chi connectivity index (χ4n) is 2.48. The van der Waals surface area contributed by atoms with E-state index in [1.165, 1.54) is 12.3 Å². The van der Waals surface area contributed by atoms with Crippen molar-refractivity contribution in [1.82, 2.24) is 4.98 Å². The molecule has 0 bridgehead atoms. The predicted molar refractivity (Wildman–Crippen MR) is 115 cm³/mol. The molecule has 0 saturated carbocycles. The van der Waals surface area contributed by atoms with Crippen LogP contribution in [-0.2, 0) is 6.18 Å². The maximum Gasteiger partial charge on any atom is 0.417 e. The standard InChI is InChI=1S/C19H13Cl2F3N4O2S/c1-9-3-2-4-13(21)15(9)27-16(29)14-8-25-18(31-14)28-17(30)26-10-5-6-12(20)11(7-10)19(22,23)24/h2-8H,1H3,(H,27,29)(H2,25,26,28,30). The summed E-state index contributed by atoms with van der Waals surface area (Å²) in [5, 5.41) is 7.27. The van der Waals surface area contributed by atoms with Gasteiger partial charge < -0.3 is 10.6 Å².